The zero-order valence-electron chi connectivity index (χ0n) is 14.1. The lowest BCUT2D eigenvalue weighted by Crippen LogP contribution is -2.40. The summed E-state index contributed by atoms with van der Waals surface area (Å²) in [7, 11) is 3.01. The van der Waals surface area contributed by atoms with E-state index in [1.54, 1.807) is 18.2 Å². The van der Waals surface area contributed by atoms with Gasteiger partial charge in [0, 0.05) is 19.2 Å². The molecule has 0 unspecified atom stereocenters. The average Bonchev–Trinajstić information content (AvgIpc) is 2.58. The summed E-state index contributed by atoms with van der Waals surface area (Å²) in [5.41, 5.74) is 0.385. The van der Waals surface area contributed by atoms with Crippen molar-refractivity contribution in [3.8, 4) is 11.5 Å². The molecular weight excluding hydrogens is 298 g/mol. The Morgan fingerprint density at radius 3 is 2.35 bits per heavy atom. The number of carbonyl (C=O) groups is 2. The Balaban J connectivity index is 2.59. The molecule has 0 aliphatic rings. The third-order valence-electron chi connectivity index (χ3n) is 3.47. The molecule has 0 spiro atoms. The Hall–Kier alpha value is -2.28. The maximum Gasteiger partial charge on any atom is 0.313 e. The Bertz CT molecular complexity index is 530. The zero-order chi connectivity index (χ0) is 17.2. The number of nitrogens with one attached hydrogen (secondary N) is 2. The molecule has 7 nitrogen and oxygen atoms in total. The highest BCUT2D eigenvalue weighted by atomic mass is 16.5. The zero-order valence-corrected chi connectivity index (χ0v) is 14.1. The molecule has 0 aliphatic heterocycles. The van der Waals surface area contributed by atoms with E-state index in [1.165, 1.54) is 14.2 Å². The van der Waals surface area contributed by atoms with E-state index in [9.17, 15) is 9.59 Å². The van der Waals surface area contributed by atoms with E-state index in [-0.39, 0.29) is 0 Å². The minimum atomic E-state index is -0.740. The summed E-state index contributed by atoms with van der Waals surface area (Å²) in [5.74, 6) is -0.406. The number of amides is 2. The standard InChI is InChI=1S/C16H25N3O4/c1-5-19(6-2)10-9-17-15(20)16(21)18-13-11-12(22-3)7-8-14(13)23-4/h7-8,11H,5-6,9-10H2,1-4H3,(H,17,20)(H,18,21). The van der Waals surface area contributed by atoms with Gasteiger partial charge in [-0.15, -0.1) is 0 Å². The van der Waals surface area contributed by atoms with Gasteiger partial charge in [-0.25, -0.2) is 0 Å². The van der Waals surface area contributed by atoms with Crippen LogP contribution in [0.1, 0.15) is 13.8 Å². The van der Waals surface area contributed by atoms with Crippen molar-refractivity contribution in [1.82, 2.24) is 10.2 Å². The predicted molar refractivity (Wildman–Crippen MR) is 89.0 cm³/mol. The van der Waals surface area contributed by atoms with Gasteiger partial charge in [-0.05, 0) is 25.2 Å². The van der Waals surface area contributed by atoms with Gasteiger partial charge < -0.3 is 25.0 Å². The van der Waals surface area contributed by atoms with Crippen LogP contribution in [0.15, 0.2) is 18.2 Å². The highest BCUT2D eigenvalue weighted by molar-refractivity contribution is 6.39. The number of methoxy groups -OCH3 is 2. The monoisotopic (exact) mass is 323 g/mol. The number of rotatable bonds is 8. The van der Waals surface area contributed by atoms with E-state index in [0.717, 1.165) is 13.1 Å². The van der Waals surface area contributed by atoms with Gasteiger partial charge >= 0.3 is 11.8 Å². The average molecular weight is 323 g/mol. The van der Waals surface area contributed by atoms with Crippen molar-refractivity contribution >= 4 is 17.5 Å². The van der Waals surface area contributed by atoms with E-state index in [0.29, 0.717) is 30.3 Å². The van der Waals surface area contributed by atoms with Crippen molar-refractivity contribution in [1.29, 1.82) is 0 Å². The molecule has 1 aromatic carbocycles. The third kappa shape index (κ3) is 5.78. The molecular formula is C16H25N3O4. The number of carbonyl (C=O) groups excluding carboxylic acids is 2. The van der Waals surface area contributed by atoms with Gasteiger partial charge in [0.05, 0.1) is 19.9 Å². The fraction of sp³-hybridized carbons (Fsp3) is 0.500. The van der Waals surface area contributed by atoms with E-state index >= 15 is 0 Å². The first-order chi connectivity index (χ1) is 11.0. The number of hydrogen-bond donors (Lipinski definition) is 2. The summed E-state index contributed by atoms with van der Waals surface area (Å²) in [6.45, 7) is 7.02. The lowest BCUT2D eigenvalue weighted by molar-refractivity contribution is -0.136. The summed E-state index contributed by atoms with van der Waals surface area (Å²) in [5, 5.41) is 5.14. The molecule has 0 heterocycles. The van der Waals surface area contributed by atoms with Crippen LogP contribution in [0.4, 0.5) is 5.69 Å². The minimum absolute atomic E-state index is 0.385. The fourth-order valence-electron chi connectivity index (χ4n) is 2.04. The summed E-state index contributed by atoms with van der Waals surface area (Å²) in [4.78, 5) is 26.0. The molecule has 0 radical (unpaired) electrons. The fourth-order valence-corrected chi connectivity index (χ4v) is 2.04. The van der Waals surface area contributed by atoms with Gasteiger partial charge in [0.2, 0.25) is 0 Å². The molecule has 0 aliphatic carbocycles. The van der Waals surface area contributed by atoms with Gasteiger partial charge in [-0.3, -0.25) is 9.59 Å². The van der Waals surface area contributed by atoms with Crippen molar-refractivity contribution in [3.63, 3.8) is 0 Å². The molecule has 0 atom stereocenters. The molecule has 0 bridgehead atoms. The van der Waals surface area contributed by atoms with Crippen LogP contribution in [0.3, 0.4) is 0 Å². The third-order valence-corrected chi connectivity index (χ3v) is 3.47. The molecule has 0 saturated carbocycles. The summed E-state index contributed by atoms with van der Waals surface area (Å²) < 4.78 is 10.3. The van der Waals surface area contributed by atoms with Crippen molar-refractivity contribution in [2.75, 3.05) is 45.7 Å². The number of hydrogen-bond acceptors (Lipinski definition) is 5. The SMILES string of the molecule is CCN(CC)CCNC(=O)C(=O)Nc1cc(OC)ccc1OC. The molecule has 128 valence electrons. The first kappa shape index (κ1) is 18.8. The lowest BCUT2D eigenvalue weighted by Gasteiger charge is -2.18. The van der Waals surface area contributed by atoms with Crippen molar-refractivity contribution in [2.24, 2.45) is 0 Å². The number of nitrogens with zero attached hydrogens (tertiary/aromatic N) is 1. The van der Waals surface area contributed by atoms with Crippen LogP contribution in [0.2, 0.25) is 0 Å². The number of anilines is 1. The van der Waals surface area contributed by atoms with E-state index in [2.05, 4.69) is 15.5 Å². The number of ether oxygens (including phenoxy) is 2. The maximum absolute atomic E-state index is 12.0. The normalized spacial score (nSPS) is 10.3. The Kier molecular flexibility index (Phi) is 7.90. The number of likely N-dealkylation sites (N-methyl/N-ethyl adjacent to an activating group) is 1. The molecule has 1 aromatic rings. The lowest BCUT2D eigenvalue weighted by atomic mass is 10.2. The molecule has 23 heavy (non-hydrogen) atoms. The highest BCUT2D eigenvalue weighted by Gasteiger charge is 2.16. The van der Waals surface area contributed by atoms with E-state index < -0.39 is 11.8 Å². The first-order valence-electron chi connectivity index (χ1n) is 7.59. The second-order valence-corrected chi connectivity index (χ2v) is 4.80. The summed E-state index contributed by atoms with van der Waals surface area (Å²) in [6.07, 6.45) is 0. The van der Waals surface area contributed by atoms with Crippen LogP contribution in [0.25, 0.3) is 0 Å². The van der Waals surface area contributed by atoms with Crippen LogP contribution in [0, 0.1) is 0 Å². The van der Waals surface area contributed by atoms with Gasteiger partial charge in [-0.2, -0.15) is 0 Å². The van der Waals surface area contributed by atoms with Crippen molar-refractivity contribution < 1.29 is 19.1 Å². The van der Waals surface area contributed by atoms with Crippen LogP contribution < -0.4 is 20.1 Å². The Morgan fingerprint density at radius 2 is 1.78 bits per heavy atom. The second kappa shape index (κ2) is 9.68. The maximum atomic E-state index is 12.0. The van der Waals surface area contributed by atoms with Gasteiger partial charge in [0.1, 0.15) is 11.5 Å². The molecule has 2 N–H and O–H groups in total. The Labute approximate surface area is 136 Å². The molecule has 7 heteroatoms. The largest absolute Gasteiger partial charge is 0.497 e. The molecule has 1 rings (SSSR count). The molecule has 0 saturated heterocycles. The van der Waals surface area contributed by atoms with Crippen molar-refractivity contribution in [3.05, 3.63) is 18.2 Å². The van der Waals surface area contributed by atoms with Crippen LogP contribution in [-0.4, -0.2) is 57.1 Å². The number of benzene rings is 1. The van der Waals surface area contributed by atoms with Gasteiger partial charge in [0.25, 0.3) is 0 Å². The van der Waals surface area contributed by atoms with Crippen LogP contribution in [0.5, 0.6) is 11.5 Å². The van der Waals surface area contributed by atoms with Gasteiger partial charge in [0.15, 0.2) is 0 Å². The summed E-state index contributed by atoms with van der Waals surface area (Å²) in [6, 6.07) is 4.96. The first-order valence-corrected chi connectivity index (χ1v) is 7.59. The smallest absolute Gasteiger partial charge is 0.313 e. The van der Waals surface area contributed by atoms with Crippen LogP contribution in [-0.2, 0) is 9.59 Å². The second-order valence-electron chi connectivity index (χ2n) is 4.80. The van der Waals surface area contributed by atoms with E-state index in [4.69, 9.17) is 9.47 Å². The van der Waals surface area contributed by atoms with Crippen molar-refractivity contribution in [2.45, 2.75) is 13.8 Å². The molecule has 0 fully saturated rings. The summed E-state index contributed by atoms with van der Waals surface area (Å²) >= 11 is 0. The topological polar surface area (TPSA) is 79.9 Å². The van der Waals surface area contributed by atoms with E-state index in [1.807, 2.05) is 13.8 Å². The Morgan fingerprint density at radius 1 is 1.09 bits per heavy atom. The molecule has 0 aromatic heterocycles. The molecule has 2 amide bonds. The minimum Gasteiger partial charge on any atom is -0.497 e. The van der Waals surface area contributed by atoms with Crippen LogP contribution >= 0.6 is 0 Å². The highest BCUT2D eigenvalue weighted by Crippen LogP contribution is 2.28. The van der Waals surface area contributed by atoms with Gasteiger partial charge in [-0.1, -0.05) is 13.8 Å². The quantitative estimate of drug-likeness (QED) is 0.700. The predicted octanol–water partition coefficient (Wildman–Crippen LogP) is 1.10.